The Bertz CT molecular complexity index is 518. The highest BCUT2D eigenvalue weighted by molar-refractivity contribution is 6.00. The number of ether oxygens (including phenoxy) is 6. The van der Waals surface area contributed by atoms with Gasteiger partial charge in [-0.15, -0.1) is 0 Å². The van der Waals surface area contributed by atoms with Gasteiger partial charge in [0.05, 0.1) is 45.1 Å². The molecule has 0 bridgehead atoms. The van der Waals surface area contributed by atoms with E-state index in [1.165, 1.54) is 14.2 Å². The van der Waals surface area contributed by atoms with E-state index in [9.17, 15) is 9.59 Å². The van der Waals surface area contributed by atoms with Crippen molar-refractivity contribution in [2.24, 2.45) is 5.41 Å². The fraction of sp³-hybridized carbons (Fsp3) is 0.889. The molecule has 1 aliphatic carbocycles. The molecule has 0 amide bonds. The van der Waals surface area contributed by atoms with Crippen LogP contribution in [0.25, 0.3) is 0 Å². The summed E-state index contributed by atoms with van der Waals surface area (Å²) in [6, 6.07) is 0. The van der Waals surface area contributed by atoms with Gasteiger partial charge in [0.1, 0.15) is 0 Å². The van der Waals surface area contributed by atoms with Crippen molar-refractivity contribution in [3.05, 3.63) is 0 Å². The van der Waals surface area contributed by atoms with Crippen LogP contribution in [-0.4, -0.2) is 62.1 Å². The normalized spacial score (nSPS) is 37.0. The zero-order valence-corrected chi connectivity index (χ0v) is 16.2. The lowest BCUT2D eigenvalue weighted by molar-refractivity contribution is -0.308. The van der Waals surface area contributed by atoms with Gasteiger partial charge in [0.25, 0.3) is 0 Å². The first kappa shape index (κ1) is 19.5. The van der Waals surface area contributed by atoms with E-state index < -0.39 is 28.9 Å². The summed E-state index contributed by atoms with van der Waals surface area (Å²) in [4.78, 5) is 25.5. The Morgan fingerprint density at radius 2 is 1.00 bits per heavy atom. The summed E-state index contributed by atoms with van der Waals surface area (Å²) in [5, 5.41) is 0. The first-order chi connectivity index (χ1) is 12.1. The van der Waals surface area contributed by atoms with E-state index in [0.29, 0.717) is 0 Å². The van der Waals surface area contributed by atoms with Gasteiger partial charge >= 0.3 is 11.9 Å². The standard InChI is InChI=1S/C18H28O8/c1-10-11(2)24-17(23-10)7-16(14(19)21-5,15(20)22-6)8-18(9-17)25-12(3)13(4)26-18/h10-13H,7-9H2,1-6H3/t10-,11-,12-,13-/m1/s1. The molecule has 2 saturated heterocycles. The van der Waals surface area contributed by atoms with Crippen molar-refractivity contribution >= 4 is 11.9 Å². The topological polar surface area (TPSA) is 89.5 Å². The molecule has 3 rings (SSSR count). The van der Waals surface area contributed by atoms with Crippen LogP contribution in [0.4, 0.5) is 0 Å². The third-order valence-corrected chi connectivity index (χ3v) is 5.76. The van der Waals surface area contributed by atoms with E-state index in [-0.39, 0.29) is 43.7 Å². The molecular formula is C18H28O8. The fourth-order valence-electron chi connectivity index (χ4n) is 4.41. The second kappa shape index (κ2) is 6.44. The van der Waals surface area contributed by atoms with Gasteiger partial charge in [0.2, 0.25) is 0 Å². The molecule has 0 unspecified atom stereocenters. The highest BCUT2D eigenvalue weighted by Gasteiger charge is 2.69. The van der Waals surface area contributed by atoms with E-state index in [0.717, 1.165) is 0 Å². The molecule has 2 heterocycles. The summed E-state index contributed by atoms with van der Waals surface area (Å²) in [5.74, 6) is -3.80. The Balaban J connectivity index is 2.07. The van der Waals surface area contributed by atoms with Gasteiger partial charge in [-0.25, -0.2) is 0 Å². The maximum absolute atomic E-state index is 12.8. The number of hydrogen-bond donors (Lipinski definition) is 0. The summed E-state index contributed by atoms with van der Waals surface area (Å²) in [5.41, 5.74) is -1.63. The zero-order chi connectivity index (χ0) is 19.3. The van der Waals surface area contributed by atoms with Gasteiger partial charge in [-0.3, -0.25) is 9.59 Å². The Morgan fingerprint density at radius 1 is 0.692 bits per heavy atom. The molecule has 8 nitrogen and oxygen atoms in total. The van der Waals surface area contributed by atoms with Crippen molar-refractivity contribution in [1.29, 1.82) is 0 Å². The average Bonchev–Trinajstić information content (AvgIpc) is 2.99. The number of esters is 2. The van der Waals surface area contributed by atoms with Crippen LogP contribution < -0.4 is 0 Å². The molecule has 3 fully saturated rings. The van der Waals surface area contributed by atoms with Crippen molar-refractivity contribution in [3.63, 3.8) is 0 Å². The number of rotatable bonds is 2. The molecule has 148 valence electrons. The van der Waals surface area contributed by atoms with Crippen LogP contribution in [0.1, 0.15) is 47.0 Å². The van der Waals surface area contributed by atoms with Crippen molar-refractivity contribution in [1.82, 2.24) is 0 Å². The lowest BCUT2D eigenvalue weighted by Gasteiger charge is -2.48. The van der Waals surface area contributed by atoms with Crippen molar-refractivity contribution in [2.45, 2.75) is 82.9 Å². The van der Waals surface area contributed by atoms with Crippen molar-refractivity contribution in [2.75, 3.05) is 14.2 Å². The summed E-state index contributed by atoms with van der Waals surface area (Å²) < 4.78 is 34.4. The van der Waals surface area contributed by atoms with Crippen molar-refractivity contribution < 1.29 is 38.0 Å². The van der Waals surface area contributed by atoms with Crippen LogP contribution >= 0.6 is 0 Å². The predicted octanol–water partition coefficient (Wildman–Crippen LogP) is 1.54. The molecule has 1 saturated carbocycles. The van der Waals surface area contributed by atoms with Gasteiger partial charge in [-0.2, -0.15) is 0 Å². The third-order valence-electron chi connectivity index (χ3n) is 5.76. The molecule has 0 aromatic heterocycles. The molecule has 0 N–H and O–H groups in total. The molecule has 0 radical (unpaired) electrons. The Hall–Kier alpha value is -1.22. The third kappa shape index (κ3) is 2.93. The number of hydrogen-bond acceptors (Lipinski definition) is 8. The summed E-state index contributed by atoms with van der Waals surface area (Å²) in [6.07, 6.45) is -0.553. The molecule has 26 heavy (non-hydrogen) atoms. The minimum Gasteiger partial charge on any atom is -0.468 e. The van der Waals surface area contributed by atoms with E-state index in [1.54, 1.807) is 0 Å². The van der Waals surface area contributed by atoms with Crippen LogP contribution in [0.15, 0.2) is 0 Å². The largest absolute Gasteiger partial charge is 0.468 e. The molecule has 3 aliphatic rings. The van der Waals surface area contributed by atoms with Gasteiger partial charge in [0, 0.05) is 12.8 Å². The van der Waals surface area contributed by atoms with Crippen LogP contribution in [-0.2, 0) is 38.0 Å². The van der Waals surface area contributed by atoms with Crippen LogP contribution in [0.2, 0.25) is 0 Å². The summed E-state index contributed by atoms with van der Waals surface area (Å²) in [7, 11) is 2.48. The average molecular weight is 372 g/mol. The van der Waals surface area contributed by atoms with Gasteiger partial charge < -0.3 is 28.4 Å². The smallest absolute Gasteiger partial charge is 0.323 e. The molecular weight excluding hydrogens is 344 g/mol. The second-order valence-electron chi connectivity index (χ2n) is 7.71. The fourth-order valence-corrected chi connectivity index (χ4v) is 4.41. The molecule has 2 spiro atoms. The second-order valence-corrected chi connectivity index (χ2v) is 7.71. The molecule has 0 aromatic rings. The summed E-state index contributed by atoms with van der Waals surface area (Å²) >= 11 is 0. The molecule has 4 atom stereocenters. The van der Waals surface area contributed by atoms with E-state index in [1.807, 2.05) is 27.7 Å². The van der Waals surface area contributed by atoms with Crippen molar-refractivity contribution in [3.8, 4) is 0 Å². The predicted molar refractivity (Wildman–Crippen MR) is 88.0 cm³/mol. The number of methoxy groups -OCH3 is 2. The SMILES string of the molecule is COC(=O)C1(C(=O)OC)CC2(CC3(C1)O[C@H](C)[C@@H](C)O3)O[C@H](C)[C@@H](C)O2. The Labute approximate surface area is 153 Å². The first-order valence-electron chi connectivity index (χ1n) is 8.99. The number of carbonyl (C=O) groups is 2. The minimum absolute atomic E-state index is 0.00867. The highest BCUT2D eigenvalue weighted by atomic mass is 16.8. The Morgan fingerprint density at radius 3 is 1.27 bits per heavy atom. The van der Waals surface area contributed by atoms with Gasteiger partial charge in [0.15, 0.2) is 17.0 Å². The lowest BCUT2D eigenvalue weighted by atomic mass is 9.68. The summed E-state index contributed by atoms with van der Waals surface area (Å²) in [6.45, 7) is 7.56. The Kier molecular flexibility index (Phi) is 4.84. The van der Waals surface area contributed by atoms with Gasteiger partial charge in [-0.1, -0.05) is 0 Å². The van der Waals surface area contributed by atoms with E-state index in [4.69, 9.17) is 28.4 Å². The lowest BCUT2D eigenvalue weighted by Crippen LogP contribution is -2.60. The molecule has 8 heteroatoms. The van der Waals surface area contributed by atoms with Crippen LogP contribution in [0.5, 0.6) is 0 Å². The van der Waals surface area contributed by atoms with Gasteiger partial charge in [-0.05, 0) is 27.7 Å². The van der Waals surface area contributed by atoms with E-state index >= 15 is 0 Å². The van der Waals surface area contributed by atoms with Crippen LogP contribution in [0, 0.1) is 5.41 Å². The highest BCUT2D eigenvalue weighted by Crippen LogP contribution is 2.56. The molecule has 0 aromatic carbocycles. The maximum atomic E-state index is 12.8. The first-order valence-corrected chi connectivity index (χ1v) is 8.99. The minimum atomic E-state index is -1.63. The monoisotopic (exact) mass is 372 g/mol. The number of carbonyl (C=O) groups excluding carboxylic acids is 2. The maximum Gasteiger partial charge on any atom is 0.323 e. The van der Waals surface area contributed by atoms with Crippen LogP contribution in [0.3, 0.4) is 0 Å². The molecule has 2 aliphatic heterocycles. The quantitative estimate of drug-likeness (QED) is 0.533. The zero-order valence-electron chi connectivity index (χ0n) is 16.2. The van der Waals surface area contributed by atoms with E-state index in [2.05, 4.69) is 0 Å².